The maximum Gasteiger partial charge on any atom is 0.0147 e. The van der Waals surface area contributed by atoms with Gasteiger partial charge in [-0.2, -0.15) is 0 Å². The van der Waals surface area contributed by atoms with Crippen LogP contribution in [0.1, 0.15) is 165 Å². The highest BCUT2D eigenvalue weighted by molar-refractivity contribution is 4.97. The van der Waals surface area contributed by atoms with Crippen molar-refractivity contribution in [3.05, 3.63) is 0 Å². The Kier molecular flexibility index (Phi) is 14.3. The van der Waals surface area contributed by atoms with E-state index in [1.807, 2.05) is 0 Å². The molecule has 0 atom stereocenters. The van der Waals surface area contributed by atoms with Crippen molar-refractivity contribution < 1.29 is 0 Å². The van der Waals surface area contributed by atoms with Crippen LogP contribution >= 0.6 is 0 Å². The highest BCUT2D eigenvalue weighted by Crippen LogP contribution is 2.27. The maximum absolute atomic E-state index is 6.33. The van der Waals surface area contributed by atoms with Crippen molar-refractivity contribution in [2.75, 3.05) is 6.54 Å². The quantitative estimate of drug-likeness (QED) is 0.294. The first-order chi connectivity index (χ1) is 15.7. The second-order valence-corrected chi connectivity index (χ2v) is 14.5. The molecule has 1 fully saturated rings. The predicted molar refractivity (Wildman–Crippen MR) is 154 cm³/mol. The molecular weight excluding hydrogens is 414 g/mol. The maximum atomic E-state index is 6.33. The standard InChI is InChI=1S/C31H65N3/c1-28(2,32)25-30(5,6)34-31(7,8)26-29(3,4)33-24-23-27-21-19-17-15-13-11-9-10-12-14-16-18-20-22-27/h27,33-34H,9-26,32H2,1-8H3. The van der Waals surface area contributed by atoms with E-state index in [0.29, 0.717) is 0 Å². The molecule has 0 radical (unpaired) electrons. The van der Waals surface area contributed by atoms with Crippen molar-refractivity contribution >= 4 is 0 Å². The van der Waals surface area contributed by atoms with Gasteiger partial charge in [0.1, 0.15) is 0 Å². The number of nitrogens with one attached hydrogen (secondary N) is 2. The monoisotopic (exact) mass is 480 g/mol. The first-order valence-corrected chi connectivity index (χ1v) is 15.0. The topological polar surface area (TPSA) is 50.1 Å². The molecule has 1 aliphatic rings. The zero-order valence-electron chi connectivity index (χ0n) is 24.9. The van der Waals surface area contributed by atoms with Gasteiger partial charge in [0.2, 0.25) is 0 Å². The highest BCUT2D eigenvalue weighted by atomic mass is 15.1. The summed E-state index contributed by atoms with van der Waals surface area (Å²) in [6.45, 7) is 19.4. The van der Waals surface area contributed by atoms with Crippen LogP contribution in [0.4, 0.5) is 0 Å². The van der Waals surface area contributed by atoms with Gasteiger partial charge in [-0.15, -0.1) is 0 Å². The molecule has 1 saturated carbocycles. The van der Waals surface area contributed by atoms with Crippen LogP contribution in [0.15, 0.2) is 0 Å². The van der Waals surface area contributed by atoms with Crippen molar-refractivity contribution in [2.24, 2.45) is 11.7 Å². The lowest BCUT2D eigenvalue weighted by atomic mass is 9.81. The van der Waals surface area contributed by atoms with Crippen LogP contribution in [0.2, 0.25) is 0 Å². The fourth-order valence-corrected chi connectivity index (χ4v) is 6.99. The van der Waals surface area contributed by atoms with Gasteiger partial charge in [0, 0.05) is 22.2 Å². The summed E-state index contributed by atoms with van der Waals surface area (Å²) in [5.74, 6) is 0.908. The van der Waals surface area contributed by atoms with E-state index in [1.54, 1.807) is 0 Å². The van der Waals surface area contributed by atoms with E-state index < -0.39 is 0 Å². The van der Waals surface area contributed by atoms with Gasteiger partial charge in [-0.05, 0) is 87.1 Å². The Labute approximate surface area is 215 Å². The third kappa shape index (κ3) is 17.3. The molecule has 0 aromatic rings. The van der Waals surface area contributed by atoms with Gasteiger partial charge in [0.25, 0.3) is 0 Å². The van der Waals surface area contributed by atoms with E-state index in [2.05, 4.69) is 66.0 Å². The molecule has 0 spiro atoms. The number of hydrogen-bond acceptors (Lipinski definition) is 3. The van der Waals surface area contributed by atoms with Crippen molar-refractivity contribution in [2.45, 2.75) is 187 Å². The van der Waals surface area contributed by atoms with E-state index in [1.165, 1.54) is 96.3 Å². The molecule has 3 heteroatoms. The highest BCUT2D eigenvalue weighted by Gasteiger charge is 2.35. The second kappa shape index (κ2) is 15.2. The average molecular weight is 480 g/mol. The lowest BCUT2D eigenvalue weighted by molar-refractivity contribution is 0.174. The van der Waals surface area contributed by atoms with Gasteiger partial charge in [-0.1, -0.05) is 89.9 Å². The fourth-order valence-electron chi connectivity index (χ4n) is 6.99. The Morgan fingerprint density at radius 1 is 0.559 bits per heavy atom. The van der Waals surface area contributed by atoms with Crippen LogP contribution in [0.5, 0.6) is 0 Å². The molecule has 0 aliphatic heterocycles. The van der Waals surface area contributed by atoms with E-state index in [4.69, 9.17) is 5.73 Å². The Morgan fingerprint density at radius 2 is 0.941 bits per heavy atom. The van der Waals surface area contributed by atoms with Crippen LogP contribution in [0, 0.1) is 5.92 Å². The Hall–Kier alpha value is -0.120. The van der Waals surface area contributed by atoms with Gasteiger partial charge in [-0.3, -0.25) is 0 Å². The van der Waals surface area contributed by atoms with Crippen LogP contribution in [0.25, 0.3) is 0 Å². The van der Waals surface area contributed by atoms with Crippen molar-refractivity contribution in [3.8, 4) is 0 Å². The minimum absolute atomic E-state index is 0.0163. The number of nitrogens with two attached hydrogens (primary N) is 1. The molecule has 1 rings (SSSR count). The Bertz CT molecular complexity index is 499. The van der Waals surface area contributed by atoms with Gasteiger partial charge >= 0.3 is 0 Å². The van der Waals surface area contributed by atoms with Gasteiger partial charge < -0.3 is 16.4 Å². The smallest absolute Gasteiger partial charge is 0.0147 e. The van der Waals surface area contributed by atoms with E-state index >= 15 is 0 Å². The summed E-state index contributed by atoms with van der Waals surface area (Å²) in [5, 5.41) is 7.86. The molecule has 0 aromatic carbocycles. The lowest BCUT2D eigenvalue weighted by Crippen LogP contribution is -2.59. The minimum Gasteiger partial charge on any atom is -0.325 e. The summed E-state index contributed by atoms with van der Waals surface area (Å²) >= 11 is 0. The van der Waals surface area contributed by atoms with E-state index in [0.717, 1.165) is 25.3 Å². The van der Waals surface area contributed by atoms with Crippen molar-refractivity contribution in [1.29, 1.82) is 0 Å². The molecule has 3 nitrogen and oxygen atoms in total. The van der Waals surface area contributed by atoms with Gasteiger partial charge in [0.15, 0.2) is 0 Å². The summed E-state index contributed by atoms with van der Waals surface area (Å²) in [7, 11) is 0. The molecule has 0 aromatic heterocycles. The van der Waals surface area contributed by atoms with Crippen LogP contribution in [-0.2, 0) is 0 Å². The summed E-state index contributed by atoms with van der Waals surface area (Å²) in [5.41, 5.74) is 6.35. The van der Waals surface area contributed by atoms with E-state index in [-0.39, 0.29) is 22.2 Å². The SMILES string of the molecule is CC(C)(N)CC(C)(C)NC(C)(C)CC(C)(C)NCCC1CCCCCCCCCCCCCC1. The molecule has 0 saturated heterocycles. The lowest BCUT2D eigenvalue weighted by Gasteiger charge is -2.44. The van der Waals surface area contributed by atoms with Crippen molar-refractivity contribution in [1.82, 2.24) is 10.6 Å². The molecule has 0 amide bonds. The molecule has 0 bridgehead atoms. The van der Waals surface area contributed by atoms with Crippen LogP contribution in [-0.4, -0.2) is 28.7 Å². The molecule has 204 valence electrons. The molecule has 4 N–H and O–H groups in total. The summed E-state index contributed by atoms with van der Waals surface area (Å²) in [4.78, 5) is 0. The number of rotatable bonds is 10. The summed E-state index contributed by atoms with van der Waals surface area (Å²) < 4.78 is 0. The van der Waals surface area contributed by atoms with Gasteiger partial charge in [-0.25, -0.2) is 0 Å². The summed E-state index contributed by atoms with van der Waals surface area (Å²) in [6.07, 6.45) is 23.8. The zero-order valence-corrected chi connectivity index (χ0v) is 24.9. The Morgan fingerprint density at radius 3 is 1.35 bits per heavy atom. The predicted octanol–water partition coefficient (Wildman–Crippen LogP) is 8.50. The average Bonchev–Trinajstić information content (AvgIpc) is 2.63. The fraction of sp³-hybridized carbons (Fsp3) is 1.00. The Balaban J connectivity index is 2.50. The molecule has 1 aliphatic carbocycles. The van der Waals surface area contributed by atoms with Crippen LogP contribution in [0.3, 0.4) is 0 Å². The van der Waals surface area contributed by atoms with Crippen LogP contribution < -0.4 is 16.4 Å². The minimum atomic E-state index is -0.161. The summed E-state index contributed by atoms with van der Waals surface area (Å²) in [6, 6.07) is 0. The third-order valence-corrected chi connectivity index (χ3v) is 7.59. The normalized spacial score (nSPS) is 20.0. The van der Waals surface area contributed by atoms with E-state index in [9.17, 15) is 0 Å². The second-order valence-electron chi connectivity index (χ2n) is 14.5. The number of hydrogen-bond donors (Lipinski definition) is 3. The van der Waals surface area contributed by atoms with Gasteiger partial charge in [0.05, 0.1) is 0 Å². The zero-order chi connectivity index (χ0) is 25.7. The molecule has 0 heterocycles. The third-order valence-electron chi connectivity index (χ3n) is 7.59. The molecule has 34 heavy (non-hydrogen) atoms. The molecular formula is C31H65N3. The first kappa shape index (κ1) is 31.9. The van der Waals surface area contributed by atoms with Crippen molar-refractivity contribution in [3.63, 3.8) is 0 Å². The largest absolute Gasteiger partial charge is 0.325 e. The first-order valence-electron chi connectivity index (χ1n) is 15.0. The molecule has 0 unspecified atom stereocenters.